The molecule has 9 heteroatoms. The SMILES string of the molecule is O=C(OCc1ccccc1)N1CCC2CN(C(=O)c3cc(Cc4n[nH]c(=O)c5ccccc45)ccc3F)CC2C1. The van der Waals surface area contributed by atoms with Crippen LogP contribution in [-0.2, 0) is 17.8 Å². The highest BCUT2D eigenvalue weighted by molar-refractivity contribution is 5.95. The maximum absolute atomic E-state index is 14.9. The summed E-state index contributed by atoms with van der Waals surface area (Å²) in [5.41, 5.74) is 2.04. The number of ether oxygens (including phenoxy) is 1. The molecular weight excluding hydrogens is 511 g/mol. The molecule has 0 aliphatic carbocycles. The fourth-order valence-corrected chi connectivity index (χ4v) is 5.83. The molecule has 3 heterocycles. The van der Waals surface area contributed by atoms with Crippen LogP contribution >= 0.6 is 0 Å². The van der Waals surface area contributed by atoms with E-state index in [1.807, 2.05) is 42.5 Å². The summed E-state index contributed by atoms with van der Waals surface area (Å²) in [6.07, 6.45) is 0.750. The molecule has 0 spiro atoms. The van der Waals surface area contributed by atoms with Crippen molar-refractivity contribution >= 4 is 22.8 Å². The van der Waals surface area contributed by atoms with Crippen LogP contribution in [0.1, 0.15) is 33.6 Å². The molecule has 40 heavy (non-hydrogen) atoms. The van der Waals surface area contributed by atoms with Gasteiger partial charge in [0.1, 0.15) is 12.4 Å². The number of piperidine rings is 1. The number of amides is 2. The highest BCUT2D eigenvalue weighted by Gasteiger charge is 2.41. The lowest BCUT2D eigenvalue weighted by Crippen LogP contribution is -2.43. The number of nitrogens with one attached hydrogen (secondary N) is 1. The second-order valence-corrected chi connectivity index (χ2v) is 10.5. The Balaban J connectivity index is 1.12. The van der Waals surface area contributed by atoms with E-state index in [-0.39, 0.29) is 41.6 Å². The average molecular weight is 541 g/mol. The molecule has 204 valence electrons. The second-order valence-electron chi connectivity index (χ2n) is 10.5. The van der Waals surface area contributed by atoms with Gasteiger partial charge < -0.3 is 14.5 Å². The van der Waals surface area contributed by atoms with Crippen LogP contribution in [0.25, 0.3) is 10.8 Å². The summed E-state index contributed by atoms with van der Waals surface area (Å²) < 4.78 is 20.4. The van der Waals surface area contributed by atoms with Crippen LogP contribution < -0.4 is 5.56 Å². The molecule has 2 aliphatic rings. The molecule has 2 fully saturated rings. The van der Waals surface area contributed by atoms with E-state index in [0.29, 0.717) is 43.7 Å². The molecule has 2 aliphatic heterocycles. The van der Waals surface area contributed by atoms with Crippen LogP contribution in [0.15, 0.2) is 77.6 Å². The fraction of sp³-hybridized carbons (Fsp3) is 0.290. The molecule has 0 bridgehead atoms. The molecule has 1 aromatic heterocycles. The van der Waals surface area contributed by atoms with Crippen LogP contribution in [0.3, 0.4) is 0 Å². The molecule has 2 saturated heterocycles. The van der Waals surface area contributed by atoms with Crippen molar-refractivity contribution in [2.24, 2.45) is 11.8 Å². The van der Waals surface area contributed by atoms with Crippen LogP contribution in [0.2, 0.25) is 0 Å². The number of hydrogen-bond acceptors (Lipinski definition) is 5. The molecule has 2 unspecified atom stereocenters. The Hall–Kier alpha value is -4.53. The first-order valence-corrected chi connectivity index (χ1v) is 13.5. The van der Waals surface area contributed by atoms with Gasteiger partial charge in [-0.1, -0.05) is 54.6 Å². The first-order valence-electron chi connectivity index (χ1n) is 13.5. The van der Waals surface area contributed by atoms with Crippen LogP contribution in [-0.4, -0.2) is 58.2 Å². The van der Waals surface area contributed by atoms with E-state index in [4.69, 9.17) is 4.74 Å². The first-order chi connectivity index (χ1) is 19.5. The quantitative estimate of drug-likeness (QED) is 0.405. The summed E-state index contributed by atoms with van der Waals surface area (Å²) in [7, 11) is 0. The highest BCUT2D eigenvalue weighted by Crippen LogP contribution is 2.33. The van der Waals surface area contributed by atoms with E-state index >= 15 is 0 Å². The van der Waals surface area contributed by atoms with Gasteiger partial charge in [-0.25, -0.2) is 14.3 Å². The normalized spacial score (nSPS) is 18.5. The number of likely N-dealkylation sites (tertiary alicyclic amines) is 2. The molecule has 6 rings (SSSR count). The molecule has 3 aromatic carbocycles. The van der Waals surface area contributed by atoms with Gasteiger partial charge in [0, 0.05) is 38.0 Å². The lowest BCUT2D eigenvalue weighted by atomic mass is 9.89. The molecule has 4 aromatic rings. The van der Waals surface area contributed by atoms with Gasteiger partial charge in [-0.05, 0) is 47.6 Å². The summed E-state index contributed by atoms with van der Waals surface area (Å²) in [4.78, 5) is 41.7. The number of carbonyl (C=O) groups is 2. The number of H-pyrrole nitrogens is 1. The van der Waals surface area contributed by atoms with E-state index in [9.17, 15) is 18.8 Å². The van der Waals surface area contributed by atoms with Crippen molar-refractivity contribution in [3.8, 4) is 0 Å². The fourth-order valence-electron chi connectivity index (χ4n) is 5.83. The van der Waals surface area contributed by atoms with Crippen molar-refractivity contribution in [1.82, 2.24) is 20.0 Å². The minimum atomic E-state index is -0.575. The van der Waals surface area contributed by atoms with Gasteiger partial charge in [-0.2, -0.15) is 5.10 Å². The van der Waals surface area contributed by atoms with Crippen molar-refractivity contribution in [2.75, 3.05) is 26.2 Å². The van der Waals surface area contributed by atoms with Gasteiger partial charge in [0.05, 0.1) is 16.6 Å². The largest absolute Gasteiger partial charge is 0.445 e. The number of halogens is 1. The molecule has 0 radical (unpaired) electrons. The molecule has 2 amide bonds. The lowest BCUT2D eigenvalue weighted by Gasteiger charge is -2.33. The number of aromatic amines is 1. The lowest BCUT2D eigenvalue weighted by molar-refractivity contribution is 0.0728. The van der Waals surface area contributed by atoms with E-state index in [1.54, 1.807) is 34.1 Å². The van der Waals surface area contributed by atoms with Gasteiger partial charge in [0.15, 0.2) is 0 Å². The Kier molecular flexibility index (Phi) is 7.02. The zero-order valence-corrected chi connectivity index (χ0v) is 21.9. The summed E-state index contributed by atoms with van der Waals surface area (Å²) in [6.45, 7) is 2.29. The monoisotopic (exact) mass is 540 g/mol. The zero-order chi connectivity index (χ0) is 27.6. The molecule has 8 nitrogen and oxygen atoms in total. The number of hydrogen-bond donors (Lipinski definition) is 1. The summed E-state index contributed by atoms with van der Waals surface area (Å²) in [5.74, 6) is -0.560. The first kappa shape index (κ1) is 25.7. The van der Waals surface area contributed by atoms with Gasteiger partial charge in [0.25, 0.3) is 11.5 Å². The number of carbonyl (C=O) groups excluding carboxylic acids is 2. The number of rotatable bonds is 5. The van der Waals surface area contributed by atoms with Crippen molar-refractivity contribution < 1.29 is 18.7 Å². The van der Waals surface area contributed by atoms with Gasteiger partial charge in [0.2, 0.25) is 0 Å². The Labute approximate surface area is 230 Å². The van der Waals surface area contributed by atoms with E-state index in [2.05, 4.69) is 10.2 Å². The standard InChI is InChI=1S/C31H29FN4O4/c32-27-11-10-21(15-28-24-8-4-5-9-25(24)29(37)34-33-28)14-26(27)30(38)36-16-22-12-13-35(17-23(22)18-36)31(39)40-19-20-6-2-1-3-7-20/h1-11,14,22-23H,12-13,15-19H2,(H,34,37). The predicted octanol–water partition coefficient (Wildman–Crippen LogP) is 4.38. The van der Waals surface area contributed by atoms with Gasteiger partial charge >= 0.3 is 6.09 Å². The molecule has 1 N–H and O–H groups in total. The van der Waals surface area contributed by atoms with Crippen molar-refractivity contribution in [1.29, 1.82) is 0 Å². The highest BCUT2D eigenvalue weighted by atomic mass is 19.1. The Morgan fingerprint density at radius 2 is 1.62 bits per heavy atom. The number of fused-ring (bicyclic) bond motifs is 2. The van der Waals surface area contributed by atoms with Gasteiger partial charge in [-0.15, -0.1) is 0 Å². The number of aromatic nitrogens is 2. The minimum absolute atomic E-state index is 0.0176. The Bertz CT molecular complexity index is 1620. The third-order valence-corrected chi connectivity index (χ3v) is 7.96. The van der Waals surface area contributed by atoms with Crippen LogP contribution in [0.4, 0.5) is 9.18 Å². The molecular formula is C31H29FN4O4. The topological polar surface area (TPSA) is 95.6 Å². The minimum Gasteiger partial charge on any atom is -0.445 e. The Morgan fingerprint density at radius 1 is 0.900 bits per heavy atom. The zero-order valence-electron chi connectivity index (χ0n) is 21.9. The van der Waals surface area contributed by atoms with Crippen molar-refractivity contribution in [2.45, 2.75) is 19.4 Å². The average Bonchev–Trinajstić information content (AvgIpc) is 3.42. The summed E-state index contributed by atoms with van der Waals surface area (Å²) >= 11 is 0. The smallest absolute Gasteiger partial charge is 0.410 e. The Morgan fingerprint density at radius 3 is 2.45 bits per heavy atom. The summed E-state index contributed by atoms with van der Waals surface area (Å²) in [5, 5.41) is 7.98. The predicted molar refractivity (Wildman–Crippen MR) is 147 cm³/mol. The van der Waals surface area contributed by atoms with Crippen LogP contribution in [0.5, 0.6) is 0 Å². The van der Waals surface area contributed by atoms with E-state index in [0.717, 1.165) is 22.9 Å². The summed E-state index contributed by atoms with van der Waals surface area (Å²) in [6, 6.07) is 21.2. The van der Waals surface area contributed by atoms with E-state index in [1.165, 1.54) is 6.07 Å². The maximum atomic E-state index is 14.9. The van der Waals surface area contributed by atoms with Crippen molar-refractivity contribution in [3.63, 3.8) is 0 Å². The third kappa shape index (κ3) is 5.19. The van der Waals surface area contributed by atoms with Crippen molar-refractivity contribution in [3.05, 3.63) is 111 Å². The molecule has 0 saturated carbocycles. The molecule has 2 atom stereocenters. The third-order valence-electron chi connectivity index (χ3n) is 7.96. The van der Waals surface area contributed by atoms with E-state index < -0.39 is 5.82 Å². The number of benzene rings is 3. The van der Waals surface area contributed by atoms with Crippen LogP contribution in [0, 0.1) is 17.7 Å². The maximum Gasteiger partial charge on any atom is 0.410 e. The second kappa shape index (κ2) is 10.9. The number of nitrogens with zero attached hydrogens (tertiary/aromatic N) is 3. The van der Waals surface area contributed by atoms with Gasteiger partial charge in [-0.3, -0.25) is 9.59 Å².